The van der Waals surface area contributed by atoms with E-state index in [-0.39, 0.29) is 17.4 Å². The Labute approximate surface area is 193 Å². The SMILES string of the molecule is CC(C)Oc1ccc(-c2c(-c3ccccc3)sc3c(=O)[nH]c(-c4nccn4C)nc23)cc1F. The Morgan fingerprint density at radius 3 is 2.58 bits per heavy atom. The molecule has 3 heterocycles. The Balaban J connectivity index is 1.80. The number of fused-ring (bicyclic) bond motifs is 1. The molecule has 0 amide bonds. The molecule has 166 valence electrons. The summed E-state index contributed by atoms with van der Waals surface area (Å²) in [5.41, 5.74) is 2.51. The maximum Gasteiger partial charge on any atom is 0.269 e. The van der Waals surface area contributed by atoms with Crippen LogP contribution in [0.15, 0.2) is 65.7 Å². The van der Waals surface area contributed by atoms with Crippen LogP contribution in [0.3, 0.4) is 0 Å². The highest BCUT2D eigenvalue weighted by Gasteiger charge is 2.22. The summed E-state index contributed by atoms with van der Waals surface area (Å²) in [7, 11) is 1.83. The van der Waals surface area contributed by atoms with Gasteiger partial charge in [0.2, 0.25) is 0 Å². The lowest BCUT2D eigenvalue weighted by Crippen LogP contribution is -2.10. The minimum Gasteiger partial charge on any atom is -0.488 e. The lowest BCUT2D eigenvalue weighted by atomic mass is 10.0. The first-order valence-corrected chi connectivity index (χ1v) is 11.3. The first-order valence-electron chi connectivity index (χ1n) is 10.5. The second kappa shape index (κ2) is 8.29. The summed E-state index contributed by atoms with van der Waals surface area (Å²) in [6, 6.07) is 14.6. The smallest absolute Gasteiger partial charge is 0.269 e. The van der Waals surface area contributed by atoms with E-state index in [1.165, 1.54) is 17.4 Å². The molecule has 1 N–H and O–H groups in total. The fourth-order valence-corrected chi connectivity index (χ4v) is 4.92. The fourth-order valence-electron chi connectivity index (χ4n) is 3.75. The normalized spacial score (nSPS) is 11.4. The standard InChI is InChI=1S/C25H21FN4O2S/c1-14(2)32-18-10-9-16(13-17(18)26)19-20-22(33-21(19)15-7-5-4-6-8-15)25(31)29-23(28-20)24-27-11-12-30(24)3/h4-14H,1-3H3,(H,28,29,31). The van der Waals surface area contributed by atoms with Gasteiger partial charge >= 0.3 is 0 Å². The van der Waals surface area contributed by atoms with Crippen LogP contribution in [0, 0.1) is 5.82 Å². The predicted molar refractivity (Wildman–Crippen MR) is 129 cm³/mol. The van der Waals surface area contributed by atoms with Crippen molar-refractivity contribution in [3.63, 3.8) is 0 Å². The number of nitrogens with zero attached hydrogens (tertiary/aromatic N) is 3. The average Bonchev–Trinajstić information content (AvgIpc) is 3.39. The van der Waals surface area contributed by atoms with Gasteiger partial charge in [-0.05, 0) is 37.1 Å². The van der Waals surface area contributed by atoms with Gasteiger partial charge < -0.3 is 14.3 Å². The van der Waals surface area contributed by atoms with Gasteiger partial charge in [-0.2, -0.15) is 0 Å². The zero-order valence-corrected chi connectivity index (χ0v) is 19.1. The van der Waals surface area contributed by atoms with Crippen molar-refractivity contribution in [1.82, 2.24) is 19.5 Å². The fraction of sp³-hybridized carbons (Fsp3) is 0.160. The number of rotatable bonds is 5. The summed E-state index contributed by atoms with van der Waals surface area (Å²) in [6.45, 7) is 3.70. The Bertz CT molecular complexity index is 1520. The Morgan fingerprint density at radius 2 is 1.91 bits per heavy atom. The van der Waals surface area contributed by atoms with Crippen molar-refractivity contribution in [2.45, 2.75) is 20.0 Å². The van der Waals surface area contributed by atoms with Crippen molar-refractivity contribution in [3.05, 3.63) is 77.1 Å². The van der Waals surface area contributed by atoms with E-state index in [0.717, 1.165) is 10.4 Å². The lowest BCUT2D eigenvalue weighted by Gasteiger charge is -2.12. The molecule has 0 aliphatic heterocycles. The molecular formula is C25H21FN4O2S. The van der Waals surface area contributed by atoms with Crippen LogP contribution in [0.4, 0.5) is 4.39 Å². The molecule has 5 rings (SSSR count). The molecule has 0 unspecified atom stereocenters. The van der Waals surface area contributed by atoms with Crippen molar-refractivity contribution < 1.29 is 9.13 Å². The van der Waals surface area contributed by atoms with Crippen molar-refractivity contribution in [2.75, 3.05) is 0 Å². The van der Waals surface area contributed by atoms with Gasteiger partial charge in [-0.3, -0.25) is 4.79 Å². The average molecular weight is 461 g/mol. The Hall–Kier alpha value is -3.78. The van der Waals surface area contributed by atoms with Crippen molar-refractivity contribution >= 4 is 21.6 Å². The number of benzene rings is 2. The van der Waals surface area contributed by atoms with Crippen LogP contribution in [0.25, 0.3) is 43.4 Å². The minimum absolute atomic E-state index is 0.146. The second-order valence-electron chi connectivity index (χ2n) is 7.94. The molecule has 0 bridgehead atoms. The zero-order chi connectivity index (χ0) is 23.1. The second-order valence-corrected chi connectivity index (χ2v) is 8.96. The maximum atomic E-state index is 14.9. The molecule has 5 aromatic rings. The molecule has 8 heteroatoms. The number of aromatic amines is 1. The highest BCUT2D eigenvalue weighted by molar-refractivity contribution is 7.22. The summed E-state index contributed by atoms with van der Waals surface area (Å²) in [6.07, 6.45) is 3.28. The molecule has 0 aliphatic rings. The largest absolute Gasteiger partial charge is 0.488 e. The molecule has 0 atom stereocenters. The number of imidazole rings is 1. The maximum absolute atomic E-state index is 14.9. The molecule has 0 saturated heterocycles. The summed E-state index contributed by atoms with van der Waals surface area (Å²) < 4.78 is 22.8. The number of aryl methyl sites for hydroxylation is 1. The van der Waals surface area contributed by atoms with Gasteiger partial charge in [0.05, 0.1) is 11.6 Å². The van der Waals surface area contributed by atoms with Crippen LogP contribution in [-0.4, -0.2) is 25.6 Å². The molecule has 0 fully saturated rings. The van der Waals surface area contributed by atoms with Crippen molar-refractivity contribution in [3.8, 4) is 39.0 Å². The molecule has 2 aromatic carbocycles. The molecular weight excluding hydrogens is 439 g/mol. The van der Waals surface area contributed by atoms with Gasteiger partial charge in [0, 0.05) is 29.9 Å². The molecule has 0 radical (unpaired) electrons. The number of hydrogen-bond acceptors (Lipinski definition) is 5. The predicted octanol–water partition coefficient (Wildman–Crippen LogP) is 5.65. The number of aromatic nitrogens is 4. The quantitative estimate of drug-likeness (QED) is 0.368. The molecule has 0 spiro atoms. The van der Waals surface area contributed by atoms with E-state index in [1.54, 1.807) is 29.1 Å². The summed E-state index contributed by atoms with van der Waals surface area (Å²) >= 11 is 1.34. The van der Waals surface area contributed by atoms with Crippen molar-refractivity contribution in [1.29, 1.82) is 0 Å². The summed E-state index contributed by atoms with van der Waals surface area (Å²) in [5, 5.41) is 0. The van der Waals surface area contributed by atoms with Crippen LogP contribution in [0.1, 0.15) is 13.8 Å². The topological polar surface area (TPSA) is 72.8 Å². The Kier molecular flexibility index (Phi) is 5.30. The van der Waals surface area contributed by atoms with Crippen molar-refractivity contribution in [2.24, 2.45) is 7.05 Å². The van der Waals surface area contributed by atoms with E-state index in [1.807, 2.05) is 51.2 Å². The third-order valence-electron chi connectivity index (χ3n) is 5.20. The van der Waals surface area contributed by atoms with E-state index >= 15 is 0 Å². The van der Waals surface area contributed by atoms with Gasteiger partial charge in [0.1, 0.15) is 4.70 Å². The zero-order valence-electron chi connectivity index (χ0n) is 18.3. The van der Waals surface area contributed by atoms with Crippen LogP contribution in [-0.2, 0) is 7.05 Å². The van der Waals surface area contributed by atoms with Gasteiger partial charge in [-0.15, -0.1) is 11.3 Å². The molecule has 0 saturated carbocycles. The number of halogens is 1. The van der Waals surface area contributed by atoms with Gasteiger partial charge in [0.25, 0.3) is 5.56 Å². The van der Waals surface area contributed by atoms with E-state index in [0.29, 0.717) is 33.0 Å². The highest BCUT2D eigenvalue weighted by Crippen LogP contribution is 2.43. The van der Waals surface area contributed by atoms with E-state index in [2.05, 4.69) is 9.97 Å². The van der Waals surface area contributed by atoms with Crippen LogP contribution < -0.4 is 10.3 Å². The van der Waals surface area contributed by atoms with E-state index in [4.69, 9.17) is 9.72 Å². The van der Waals surface area contributed by atoms with E-state index < -0.39 is 5.82 Å². The van der Waals surface area contributed by atoms with E-state index in [9.17, 15) is 9.18 Å². The molecule has 6 nitrogen and oxygen atoms in total. The van der Waals surface area contributed by atoms with Gasteiger partial charge in [0.15, 0.2) is 23.2 Å². The third-order valence-corrected chi connectivity index (χ3v) is 6.42. The summed E-state index contributed by atoms with van der Waals surface area (Å²) in [5.74, 6) is 0.626. The summed E-state index contributed by atoms with van der Waals surface area (Å²) in [4.78, 5) is 25.8. The number of nitrogens with one attached hydrogen (secondary N) is 1. The van der Waals surface area contributed by atoms with Crippen LogP contribution in [0.5, 0.6) is 5.75 Å². The minimum atomic E-state index is -0.464. The number of thiophene rings is 1. The first-order chi connectivity index (χ1) is 15.9. The number of hydrogen-bond donors (Lipinski definition) is 1. The number of ether oxygens (including phenoxy) is 1. The monoisotopic (exact) mass is 460 g/mol. The third kappa shape index (κ3) is 3.82. The van der Waals surface area contributed by atoms with Crippen LogP contribution >= 0.6 is 11.3 Å². The molecule has 3 aromatic heterocycles. The number of H-pyrrole nitrogens is 1. The highest BCUT2D eigenvalue weighted by atomic mass is 32.1. The lowest BCUT2D eigenvalue weighted by molar-refractivity contribution is 0.231. The van der Waals surface area contributed by atoms with Gasteiger partial charge in [-0.25, -0.2) is 14.4 Å². The van der Waals surface area contributed by atoms with Crippen LogP contribution in [0.2, 0.25) is 0 Å². The first kappa shape index (κ1) is 21.1. The Morgan fingerprint density at radius 1 is 1.12 bits per heavy atom. The molecule has 33 heavy (non-hydrogen) atoms. The molecule has 0 aliphatic carbocycles. The van der Waals surface area contributed by atoms with Gasteiger partial charge in [-0.1, -0.05) is 36.4 Å².